The minimum Gasteiger partial charge on any atom is -0.456 e. The predicted octanol–water partition coefficient (Wildman–Crippen LogP) is 11.3. The van der Waals surface area contributed by atoms with Gasteiger partial charge in [-0.05, 0) is 75.9 Å². The van der Waals surface area contributed by atoms with Crippen molar-refractivity contribution in [3.8, 4) is 16.8 Å². The molecule has 2 heterocycles. The van der Waals surface area contributed by atoms with Crippen molar-refractivity contribution in [2.45, 2.75) is 59.3 Å². The number of furan rings is 1. The average molecular weight is 536 g/mol. The van der Waals surface area contributed by atoms with Gasteiger partial charge in [0.2, 0.25) is 0 Å². The Labute approximate surface area is 242 Å². The van der Waals surface area contributed by atoms with Crippen LogP contribution in [0.2, 0.25) is 0 Å². The number of fused-ring (bicyclic) bond motifs is 6. The van der Waals surface area contributed by atoms with Crippen LogP contribution in [-0.4, -0.2) is 4.57 Å². The molecule has 0 fully saturated rings. The Kier molecular flexibility index (Phi) is 5.54. The van der Waals surface area contributed by atoms with Crippen molar-refractivity contribution >= 4 is 43.7 Å². The smallest absolute Gasteiger partial charge is 0.136 e. The van der Waals surface area contributed by atoms with Crippen LogP contribution in [0, 0.1) is 6.92 Å². The van der Waals surface area contributed by atoms with E-state index in [1.54, 1.807) is 0 Å². The second-order valence-electron chi connectivity index (χ2n) is 13.5. The van der Waals surface area contributed by atoms with E-state index in [1.165, 1.54) is 66.1 Å². The Morgan fingerprint density at radius 1 is 0.561 bits per heavy atom. The molecule has 0 unspecified atom stereocenters. The second-order valence-corrected chi connectivity index (χ2v) is 13.5. The number of para-hydroxylation sites is 2. The molecule has 0 radical (unpaired) electrons. The molecule has 41 heavy (non-hydrogen) atoms. The highest BCUT2D eigenvalue weighted by atomic mass is 16.3. The summed E-state index contributed by atoms with van der Waals surface area (Å²) in [7, 11) is 0. The lowest BCUT2D eigenvalue weighted by molar-refractivity contribution is 0.569. The second kappa shape index (κ2) is 8.85. The largest absolute Gasteiger partial charge is 0.456 e. The number of benzene rings is 5. The summed E-state index contributed by atoms with van der Waals surface area (Å²) in [6.45, 7) is 16.0. The van der Waals surface area contributed by atoms with E-state index < -0.39 is 0 Å². The zero-order valence-electron chi connectivity index (χ0n) is 25.1. The molecule has 0 bridgehead atoms. The number of aromatic nitrogens is 1. The maximum Gasteiger partial charge on any atom is 0.136 e. The number of aryl methyl sites for hydroxylation is 1. The van der Waals surface area contributed by atoms with E-state index in [2.05, 4.69) is 150 Å². The zero-order chi connectivity index (χ0) is 28.7. The van der Waals surface area contributed by atoms with Gasteiger partial charge in [-0.3, -0.25) is 0 Å². The maximum atomic E-state index is 6.53. The third kappa shape index (κ3) is 4.00. The van der Waals surface area contributed by atoms with Crippen molar-refractivity contribution in [2.75, 3.05) is 0 Å². The van der Waals surface area contributed by atoms with Crippen molar-refractivity contribution in [3.05, 3.63) is 114 Å². The molecule has 2 nitrogen and oxygen atoms in total. The third-order valence-corrected chi connectivity index (χ3v) is 8.69. The minimum absolute atomic E-state index is 0.0436. The highest BCUT2D eigenvalue weighted by molar-refractivity contribution is 6.15. The first-order valence-electron chi connectivity index (χ1n) is 14.6. The summed E-state index contributed by atoms with van der Waals surface area (Å²) < 4.78 is 8.94. The van der Waals surface area contributed by atoms with Gasteiger partial charge in [0.1, 0.15) is 11.2 Å². The standard InChI is InChI=1S/C39H37NO/c1-24-31(40-32-16-10-8-13-29(32)30-14-9-11-17-33(30)40)19-20-35-36(24)37-28(15-12-18-34(37)41-35)25-21-26(38(2,3)4)23-27(22-25)39(5,6)7/h8-23H,1-7H3. The molecule has 7 aromatic rings. The molecule has 0 saturated carbocycles. The van der Waals surface area contributed by atoms with Gasteiger partial charge < -0.3 is 8.98 Å². The summed E-state index contributed by atoms with van der Waals surface area (Å²) in [6.07, 6.45) is 0. The Morgan fingerprint density at radius 2 is 1.12 bits per heavy atom. The molecule has 0 atom stereocenters. The molecule has 0 aliphatic rings. The molecule has 0 N–H and O–H groups in total. The van der Waals surface area contributed by atoms with Crippen LogP contribution in [0.3, 0.4) is 0 Å². The van der Waals surface area contributed by atoms with Crippen LogP contribution >= 0.6 is 0 Å². The summed E-state index contributed by atoms with van der Waals surface area (Å²) in [4.78, 5) is 0. The molecule has 0 saturated heterocycles. The lowest BCUT2D eigenvalue weighted by Crippen LogP contribution is -2.16. The number of hydrogen-bond acceptors (Lipinski definition) is 1. The van der Waals surface area contributed by atoms with E-state index in [0.717, 1.165) is 11.2 Å². The van der Waals surface area contributed by atoms with Gasteiger partial charge in [-0.25, -0.2) is 0 Å². The number of nitrogens with zero attached hydrogens (tertiary/aromatic N) is 1. The van der Waals surface area contributed by atoms with E-state index in [-0.39, 0.29) is 10.8 Å². The zero-order valence-corrected chi connectivity index (χ0v) is 25.1. The first-order chi connectivity index (χ1) is 19.5. The molecule has 0 aliphatic carbocycles. The van der Waals surface area contributed by atoms with E-state index >= 15 is 0 Å². The van der Waals surface area contributed by atoms with Crippen molar-refractivity contribution in [2.24, 2.45) is 0 Å². The van der Waals surface area contributed by atoms with Crippen LogP contribution < -0.4 is 0 Å². The minimum atomic E-state index is 0.0436. The van der Waals surface area contributed by atoms with Gasteiger partial charge >= 0.3 is 0 Å². The molecular weight excluding hydrogens is 498 g/mol. The van der Waals surface area contributed by atoms with Crippen LogP contribution in [0.4, 0.5) is 0 Å². The molecule has 7 rings (SSSR count). The van der Waals surface area contributed by atoms with E-state index in [1.807, 2.05) is 0 Å². The van der Waals surface area contributed by atoms with Crippen LogP contribution in [0.15, 0.2) is 101 Å². The van der Waals surface area contributed by atoms with Crippen molar-refractivity contribution < 1.29 is 4.42 Å². The van der Waals surface area contributed by atoms with Gasteiger partial charge in [0.25, 0.3) is 0 Å². The fourth-order valence-electron chi connectivity index (χ4n) is 6.38. The van der Waals surface area contributed by atoms with Crippen molar-refractivity contribution in [1.29, 1.82) is 0 Å². The monoisotopic (exact) mass is 535 g/mol. The molecule has 2 aromatic heterocycles. The van der Waals surface area contributed by atoms with Gasteiger partial charge in [-0.15, -0.1) is 0 Å². The van der Waals surface area contributed by atoms with Gasteiger partial charge in [0.15, 0.2) is 0 Å². The molecule has 204 valence electrons. The first kappa shape index (κ1) is 25.7. The average Bonchev–Trinajstić information content (AvgIpc) is 3.49. The van der Waals surface area contributed by atoms with Gasteiger partial charge in [0, 0.05) is 27.2 Å². The summed E-state index contributed by atoms with van der Waals surface area (Å²) in [6, 6.07) is 35.4. The molecule has 0 spiro atoms. The molecule has 5 aromatic carbocycles. The normalized spacial score (nSPS) is 12.8. The summed E-state index contributed by atoms with van der Waals surface area (Å²) in [5, 5.41) is 4.92. The molecule has 2 heteroatoms. The Morgan fingerprint density at radius 3 is 1.71 bits per heavy atom. The topological polar surface area (TPSA) is 18.1 Å². The SMILES string of the molecule is Cc1c(-n2c3ccccc3c3ccccc32)ccc2oc3cccc(-c4cc(C(C)(C)C)cc(C(C)(C)C)c4)c3c12. The summed E-state index contributed by atoms with van der Waals surface area (Å²) in [5.74, 6) is 0. The fraction of sp³-hybridized carbons (Fsp3) is 0.231. The fourth-order valence-corrected chi connectivity index (χ4v) is 6.38. The van der Waals surface area contributed by atoms with Gasteiger partial charge in [-0.2, -0.15) is 0 Å². The Hall–Kier alpha value is -4.30. The Balaban J connectivity index is 1.56. The predicted molar refractivity (Wildman–Crippen MR) is 176 cm³/mol. The lowest BCUT2D eigenvalue weighted by Gasteiger charge is -2.26. The van der Waals surface area contributed by atoms with Gasteiger partial charge in [0.05, 0.1) is 11.0 Å². The van der Waals surface area contributed by atoms with Gasteiger partial charge in [-0.1, -0.05) is 108 Å². The van der Waals surface area contributed by atoms with Crippen LogP contribution in [0.1, 0.15) is 58.2 Å². The maximum absolute atomic E-state index is 6.53. The molecule has 0 amide bonds. The number of hydrogen-bond donors (Lipinski definition) is 0. The highest BCUT2D eigenvalue weighted by Gasteiger charge is 2.23. The Bertz CT molecular complexity index is 2040. The highest BCUT2D eigenvalue weighted by Crippen LogP contribution is 2.43. The lowest BCUT2D eigenvalue weighted by atomic mass is 9.78. The van der Waals surface area contributed by atoms with Crippen LogP contribution in [0.25, 0.3) is 60.6 Å². The summed E-state index contributed by atoms with van der Waals surface area (Å²) >= 11 is 0. The van der Waals surface area contributed by atoms with E-state index in [4.69, 9.17) is 4.42 Å². The van der Waals surface area contributed by atoms with E-state index in [0.29, 0.717) is 0 Å². The van der Waals surface area contributed by atoms with Crippen molar-refractivity contribution in [3.63, 3.8) is 0 Å². The van der Waals surface area contributed by atoms with Crippen molar-refractivity contribution in [1.82, 2.24) is 4.57 Å². The van der Waals surface area contributed by atoms with E-state index in [9.17, 15) is 0 Å². The molecule has 0 aliphatic heterocycles. The number of rotatable bonds is 2. The third-order valence-electron chi connectivity index (χ3n) is 8.69. The molecular formula is C39H37NO. The summed E-state index contributed by atoms with van der Waals surface area (Å²) in [5.41, 5.74) is 12.0. The quantitative estimate of drug-likeness (QED) is 0.215. The van der Waals surface area contributed by atoms with Crippen LogP contribution in [0.5, 0.6) is 0 Å². The first-order valence-corrected chi connectivity index (χ1v) is 14.6. The van der Waals surface area contributed by atoms with Crippen LogP contribution in [-0.2, 0) is 10.8 Å².